The van der Waals surface area contributed by atoms with Gasteiger partial charge in [-0.05, 0) is 24.2 Å². The minimum Gasteiger partial charge on any atom is -0.0898 e. The predicted molar refractivity (Wildman–Crippen MR) is 46.0 cm³/mol. The average Bonchev–Trinajstić information content (AvgIpc) is 2.17. The molecule has 1 heteroatoms. The minimum absolute atomic E-state index is 0.496. The highest BCUT2D eigenvalue weighted by molar-refractivity contribution is 6.29. The highest BCUT2D eigenvalue weighted by Gasteiger charge is 2.52. The van der Waals surface area contributed by atoms with E-state index in [2.05, 4.69) is 26.8 Å². The Labute approximate surface area is 68.3 Å². The van der Waals surface area contributed by atoms with E-state index >= 15 is 0 Å². The molecule has 0 aliphatic heterocycles. The molecule has 0 aromatic rings. The molecular formula is C9H15Cl. The van der Waals surface area contributed by atoms with E-state index in [0.717, 1.165) is 11.0 Å². The van der Waals surface area contributed by atoms with Gasteiger partial charge in [0, 0.05) is 5.03 Å². The largest absolute Gasteiger partial charge is 0.0898 e. The first-order valence-electron chi connectivity index (χ1n) is 3.80. The molecule has 1 fully saturated rings. The summed E-state index contributed by atoms with van der Waals surface area (Å²) in [5, 5.41) is 0.933. The van der Waals surface area contributed by atoms with Crippen LogP contribution in [-0.4, -0.2) is 0 Å². The maximum absolute atomic E-state index is 5.77. The highest BCUT2D eigenvalue weighted by atomic mass is 35.5. The molecule has 0 nitrogen and oxygen atoms in total. The van der Waals surface area contributed by atoms with Gasteiger partial charge in [-0.1, -0.05) is 38.4 Å². The first-order chi connectivity index (χ1) is 4.46. The highest BCUT2D eigenvalue weighted by Crippen LogP contribution is 2.58. The molecule has 2 unspecified atom stereocenters. The molecule has 0 aromatic carbocycles. The fraction of sp³-hybridized carbons (Fsp3) is 0.778. The van der Waals surface area contributed by atoms with Gasteiger partial charge >= 0.3 is 0 Å². The first kappa shape index (κ1) is 8.13. The zero-order valence-corrected chi connectivity index (χ0v) is 7.87. The van der Waals surface area contributed by atoms with Crippen molar-refractivity contribution in [3.8, 4) is 0 Å². The van der Waals surface area contributed by atoms with Gasteiger partial charge in [0.25, 0.3) is 0 Å². The molecule has 10 heavy (non-hydrogen) atoms. The van der Waals surface area contributed by atoms with Crippen molar-refractivity contribution in [2.24, 2.45) is 17.3 Å². The van der Waals surface area contributed by atoms with E-state index in [0.29, 0.717) is 11.3 Å². The molecule has 0 amide bonds. The number of rotatable bonds is 1. The Balaban J connectivity index is 2.58. The minimum atomic E-state index is 0.496. The maximum atomic E-state index is 5.77. The smallest absolute Gasteiger partial charge is 0.0113 e. The van der Waals surface area contributed by atoms with Gasteiger partial charge in [-0.25, -0.2) is 0 Å². The summed E-state index contributed by atoms with van der Waals surface area (Å²) in [6.45, 7) is 8.81. The van der Waals surface area contributed by atoms with Gasteiger partial charge in [0.05, 0.1) is 0 Å². The van der Waals surface area contributed by atoms with Crippen LogP contribution in [0.15, 0.2) is 11.1 Å². The molecular weight excluding hydrogens is 144 g/mol. The summed E-state index contributed by atoms with van der Waals surface area (Å²) in [6.07, 6.45) is 2.17. The molecule has 58 valence electrons. The van der Waals surface area contributed by atoms with Crippen LogP contribution in [0, 0.1) is 17.3 Å². The first-order valence-corrected chi connectivity index (χ1v) is 4.18. The van der Waals surface area contributed by atoms with E-state index in [1.165, 1.54) is 0 Å². The summed E-state index contributed by atoms with van der Waals surface area (Å²) < 4.78 is 0. The van der Waals surface area contributed by atoms with Crippen LogP contribution < -0.4 is 0 Å². The summed E-state index contributed by atoms with van der Waals surface area (Å²) in [7, 11) is 0. The number of hydrogen-bond donors (Lipinski definition) is 0. The second-order valence-electron chi connectivity index (χ2n) is 3.89. The Morgan fingerprint density at radius 2 is 1.90 bits per heavy atom. The van der Waals surface area contributed by atoms with Gasteiger partial charge in [-0.3, -0.25) is 0 Å². The topological polar surface area (TPSA) is 0 Å². The lowest BCUT2D eigenvalue weighted by Crippen LogP contribution is -1.87. The van der Waals surface area contributed by atoms with E-state index in [1.54, 1.807) is 0 Å². The predicted octanol–water partition coefficient (Wildman–Crippen LogP) is 3.42. The summed E-state index contributed by atoms with van der Waals surface area (Å²) >= 11 is 5.77. The van der Waals surface area contributed by atoms with Gasteiger partial charge in [0.15, 0.2) is 0 Å². The van der Waals surface area contributed by atoms with Crippen LogP contribution in [0.3, 0.4) is 0 Å². The van der Waals surface area contributed by atoms with Crippen molar-refractivity contribution in [2.75, 3.05) is 0 Å². The lowest BCUT2D eigenvalue weighted by atomic mass is 10.1. The van der Waals surface area contributed by atoms with Gasteiger partial charge < -0.3 is 0 Å². The fourth-order valence-electron chi connectivity index (χ4n) is 1.55. The average molecular weight is 159 g/mol. The van der Waals surface area contributed by atoms with Crippen molar-refractivity contribution in [2.45, 2.75) is 27.7 Å². The summed E-state index contributed by atoms with van der Waals surface area (Å²) in [5.41, 5.74) is 0.496. The number of hydrogen-bond acceptors (Lipinski definition) is 0. The Morgan fingerprint density at radius 1 is 1.50 bits per heavy atom. The summed E-state index contributed by atoms with van der Waals surface area (Å²) in [5.74, 6) is 1.52. The van der Waals surface area contributed by atoms with Crippen LogP contribution in [0.25, 0.3) is 0 Å². The lowest BCUT2D eigenvalue weighted by molar-refractivity contribution is 0.570. The Bertz CT molecular complexity index is 164. The Morgan fingerprint density at radius 3 is 2.00 bits per heavy atom. The molecule has 1 saturated carbocycles. The molecule has 1 aliphatic carbocycles. The van der Waals surface area contributed by atoms with Crippen LogP contribution >= 0.6 is 11.6 Å². The van der Waals surface area contributed by atoms with Gasteiger partial charge in [-0.2, -0.15) is 0 Å². The van der Waals surface area contributed by atoms with E-state index in [9.17, 15) is 0 Å². The molecule has 0 aromatic heterocycles. The molecule has 0 spiro atoms. The third-order valence-corrected chi connectivity index (χ3v) is 3.00. The number of halogens is 1. The Hall–Kier alpha value is 0.0300. The van der Waals surface area contributed by atoms with E-state index in [4.69, 9.17) is 11.6 Å². The van der Waals surface area contributed by atoms with Gasteiger partial charge in [-0.15, -0.1) is 0 Å². The maximum Gasteiger partial charge on any atom is 0.0113 e. The summed E-state index contributed by atoms with van der Waals surface area (Å²) in [4.78, 5) is 0. The van der Waals surface area contributed by atoms with Crippen molar-refractivity contribution in [3.05, 3.63) is 11.1 Å². The lowest BCUT2D eigenvalue weighted by Gasteiger charge is -1.96. The Kier molecular flexibility index (Phi) is 1.84. The van der Waals surface area contributed by atoms with Crippen LogP contribution in [0.1, 0.15) is 27.7 Å². The molecule has 0 bridgehead atoms. The number of allylic oxidation sites excluding steroid dienone is 2. The molecule has 0 radical (unpaired) electrons. The second kappa shape index (κ2) is 2.27. The van der Waals surface area contributed by atoms with Crippen molar-refractivity contribution in [1.29, 1.82) is 0 Å². The van der Waals surface area contributed by atoms with Crippen molar-refractivity contribution in [1.82, 2.24) is 0 Å². The van der Waals surface area contributed by atoms with Crippen LogP contribution in [-0.2, 0) is 0 Å². The monoisotopic (exact) mass is 158 g/mol. The van der Waals surface area contributed by atoms with Crippen molar-refractivity contribution < 1.29 is 0 Å². The molecule has 0 N–H and O–H groups in total. The van der Waals surface area contributed by atoms with Crippen LogP contribution in [0.4, 0.5) is 0 Å². The SMILES string of the molecule is CC(Cl)=CC1C(C)C1(C)C. The second-order valence-corrected chi connectivity index (χ2v) is 4.49. The zero-order valence-electron chi connectivity index (χ0n) is 7.11. The normalized spacial score (nSPS) is 37.9. The zero-order chi connectivity index (χ0) is 7.94. The van der Waals surface area contributed by atoms with Crippen molar-refractivity contribution >= 4 is 11.6 Å². The van der Waals surface area contributed by atoms with Crippen molar-refractivity contribution in [3.63, 3.8) is 0 Å². The third kappa shape index (κ3) is 1.22. The standard InChI is InChI=1S/C9H15Cl/c1-6(10)5-8-7(2)9(8,3)4/h5,7-8H,1-4H3. The molecule has 2 atom stereocenters. The van der Waals surface area contributed by atoms with Crippen LogP contribution in [0.2, 0.25) is 0 Å². The van der Waals surface area contributed by atoms with E-state index in [-0.39, 0.29) is 0 Å². The molecule has 1 rings (SSSR count). The third-order valence-electron chi connectivity index (χ3n) is 2.87. The van der Waals surface area contributed by atoms with E-state index < -0.39 is 0 Å². The molecule has 0 saturated heterocycles. The molecule has 1 aliphatic rings. The fourth-order valence-corrected chi connectivity index (χ4v) is 1.68. The summed E-state index contributed by atoms with van der Waals surface area (Å²) in [6, 6.07) is 0. The van der Waals surface area contributed by atoms with Crippen LogP contribution in [0.5, 0.6) is 0 Å². The molecule has 0 heterocycles. The van der Waals surface area contributed by atoms with Gasteiger partial charge in [0.2, 0.25) is 0 Å². The quantitative estimate of drug-likeness (QED) is 0.549. The van der Waals surface area contributed by atoms with E-state index in [1.807, 2.05) is 6.92 Å². The van der Waals surface area contributed by atoms with Gasteiger partial charge in [0.1, 0.15) is 0 Å².